The molecule has 28 heavy (non-hydrogen) atoms. The maximum absolute atomic E-state index is 12.6. The monoisotopic (exact) mass is 411 g/mol. The second-order valence-electron chi connectivity index (χ2n) is 6.83. The van der Waals surface area contributed by atoms with Crippen molar-refractivity contribution < 1.29 is 4.79 Å². The van der Waals surface area contributed by atoms with Gasteiger partial charge in [0.05, 0.1) is 28.4 Å². The fraction of sp³-hybridized carbons (Fsp3) is 0.350. The lowest BCUT2D eigenvalue weighted by atomic mass is 10.2. The smallest absolute Gasteiger partial charge is 0.242 e. The van der Waals surface area contributed by atoms with Gasteiger partial charge in [0.25, 0.3) is 0 Å². The SMILES string of the molecule is C[C@@H](C(=O)Nc1sccc1C#N)N1CCN(Cc2nc3ccccc3s2)CC1. The highest BCUT2D eigenvalue weighted by molar-refractivity contribution is 7.18. The summed E-state index contributed by atoms with van der Waals surface area (Å²) in [5, 5.41) is 15.6. The topological polar surface area (TPSA) is 72.3 Å². The van der Waals surface area contributed by atoms with E-state index in [4.69, 9.17) is 10.2 Å². The number of thiophene rings is 1. The predicted molar refractivity (Wildman–Crippen MR) is 114 cm³/mol. The minimum Gasteiger partial charge on any atom is -0.315 e. The summed E-state index contributed by atoms with van der Waals surface area (Å²) in [7, 11) is 0. The molecule has 1 N–H and O–H groups in total. The number of fused-ring (bicyclic) bond motifs is 1. The average molecular weight is 412 g/mol. The third-order valence-corrected chi connectivity index (χ3v) is 6.90. The number of hydrogen-bond donors (Lipinski definition) is 1. The number of aromatic nitrogens is 1. The first-order valence-electron chi connectivity index (χ1n) is 9.23. The zero-order chi connectivity index (χ0) is 19.5. The molecule has 1 aromatic carbocycles. The van der Waals surface area contributed by atoms with E-state index < -0.39 is 0 Å². The Labute approximate surface area is 172 Å². The summed E-state index contributed by atoms with van der Waals surface area (Å²) in [6.07, 6.45) is 0. The highest BCUT2D eigenvalue weighted by Crippen LogP contribution is 2.24. The Hall–Kier alpha value is -2.31. The normalized spacial score (nSPS) is 16.7. The molecular weight excluding hydrogens is 390 g/mol. The molecule has 1 amide bonds. The molecule has 1 atom stereocenters. The maximum atomic E-state index is 12.6. The first kappa shape index (κ1) is 19.0. The number of anilines is 1. The van der Waals surface area contributed by atoms with Crippen LogP contribution in [0.1, 0.15) is 17.5 Å². The molecule has 8 heteroatoms. The summed E-state index contributed by atoms with van der Waals surface area (Å²) in [5.41, 5.74) is 1.59. The van der Waals surface area contributed by atoms with Crippen LogP contribution in [-0.2, 0) is 11.3 Å². The van der Waals surface area contributed by atoms with Crippen molar-refractivity contribution in [3.8, 4) is 6.07 Å². The molecule has 0 unspecified atom stereocenters. The Morgan fingerprint density at radius 1 is 1.29 bits per heavy atom. The molecule has 3 heterocycles. The quantitative estimate of drug-likeness (QED) is 0.697. The minimum atomic E-state index is -0.224. The number of nitrogens with one attached hydrogen (secondary N) is 1. The molecule has 0 radical (unpaired) electrons. The molecule has 1 aliphatic rings. The van der Waals surface area contributed by atoms with Gasteiger partial charge < -0.3 is 5.32 Å². The van der Waals surface area contributed by atoms with E-state index >= 15 is 0 Å². The number of nitrogens with zero attached hydrogens (tertiary/aromatic N) is 4. The standard InChI is InChI=1S/C20H21N5OS2/c1-14(19(26)23-20-15(12-21)6-11-27-20)25-9-7-24(8-10-25)13-18-22-16-4-2-3-5-17(16)28-18/h2-6,11,14H,7-10,13H2,1H3,(H,23,26)/t14-/m0/s1. The highest BCUT2D eigenvalue weighted by Gasteiger charge is 2.26. The van der Waals surface area contributed by atoms with Crippen LogP contribution in [0.4, 0.5) is 5.00 Å². The lowest BCUT2D eigenvalue weighted by Gasteiger charge is -2.37. The first-order chi connectivity index (χ1) is 13.6. The Morgan fingerprint density at radius 3 is 2.82 bits per heavy atom. The molecule has 144 valence electrons. The van der Waals surface area contributed by atoms with Crippen molar-refractivity contribution >= 4 is 43.8 Å². The summed E-state index contributed by atoms with van der Waals surface area (Å²) in [4.78, 5) is 21.9. The van der Waals surface area contributed by atoms with Gasteiger partial charge in [0.15, 0.2) is 0 Å². The molecule has 1 saturated heterocycles. The van der Waals surface area contributed by atoms with Crippen LogP contribution in [0.3, 0.4) is 0 Å². The van der Waals surface area contributed by atoms with Gasteiger partial charge in [0.2, 0.25) is 5.91 Å². The molecule has 0 spiro atoms. The summed E-state index contributed by atoms with van der Waals surface area (Å²) >= 11 is 3.14. The van der Waals surface area contributed by atoms with Crippen LogP contribution in [0.15, 0.2) is 35.7 Å². The lowest BCUT2D eigenvalue weighted by molar-refractivity contribution is -0.121. The van der Waals surface area contributed by atoms with Crippen molar-refractivity contribution in [2.75, 3.05) is 31.5 Å². The summed E-state index contributed by atoms with van der Waals surface area (Å²) in [6.45, 7) is 6.29. The molecule has 0 saturated carbocycles. The number of amides is 1. The van der Waals surface area contributed by atoms with Gasteiger partial charge in [-0.25, -0.2) is 4.98 Å². The Bertz CT molecular complexity index is 980. The number of nitriles is 1. The third-order valence-electron chi connectivity index (χ3n) is 5.05. The van der Waals surface area contributed by atoms with E-state index in [0.717, 1.165) is 43.2 Å². The van der Waals surface area contributed by atoms with E-state index in [1.54, 1.807) is 17.4 Å². The van der Waals surface area contributed by atoms with Gasteiger partial charge in [0, 0.05) is 26.2 Å². The Balaban J connectivity index is 1.30. The minimum absolute atomic E-state index is 0.0569. The van der Waals surface area contributed by atoms with Crippen LogP contribution in [0, 0.1) is 11.3 Å². The predicted octanol–water partition coefficient (Wildman–Crippen LogP) is 3.37. The summed E-state index contributed by atoms with van der Waals surface area (Å²) in [5.74, 6) is -0.0569. The molecule has 1 fully saturated rings. The Kier molecular flexibility index (Phi) is 5.69. The van der Waals surface area contributed by atoms with E-state index in [0.29, 0.717) is 10.6 Å². The van der Waals surface area contributed by atoms with Crippen LogP contribution in [0.25, 0.3) is 10.2 Å². The largest absolute Gasteiger partial charge is 0.315 e. The van der Waals surface area contributed by atoms with Gasteiger partial charge in [-0.05, 0) is 30.5 Å². The van der Waals surface area contributed by atoms with Gasteiger partial charge in [-0.1, -0.05) is 12.1 Å². The molecule has 6 nitrogen and oxygen atoms in total. The average Bonchev–Trinajstić information content (AvgIpc) is 3.33. The number of benzene rings is 1. The van der Waals surface area contributed by atoms with E-state index in [-0.39, 0.29) is 11.9 Å². The van der Waals surface area contributed by atoms with E-state index in [9.17, 15) is 4.79 Å². The number of carbonyl (C=O) groups is 1. The first-order valence-corrected chi connectivity index (χ1v) is 10.9. The van der Waals surface area contributed by atoms with Gasteiger partial charge in [-0.2, -0.15) is 5.26 Å². The fourth-order valence-corrected chi connectivity index (χ4v) is 5.11. The van der Waals surface area contributed by atoms with Gasteiger partial charge in [0.1, 0.15) is 16.1 Å². The molecule has 0 bridgehead atoms. The van der Waals surface area contributed by atoms with Crippen LogP contribution >= 0.6 is 22.7 Å². The van der Waals surface area contributed by atoms with E-state index in [1.165, 1.54) is 16.0 Å². The summed E-state index contributed by atoms with van der Waals surface area (Å²) in [6, 6.07) is 11.8. The molecule has 3 aromatic rings. The van der Waals surface area contributed by atoms with E-state index in [1.807, 2.05) is 24.4 Å². The molecular formula is C20H21N5OS2. The van der Waals surface area contributed by atoms with Crippen LogP contribution in [0.5, 0.6) is 0 Å². The van der Waals surface area contributed by atoms with Gasteiger partial charge >= 0.3 is 0 Å². The number of thiazole rings is 1. The summed E-state index contributed by atoms with van der Waals surface area (Å²) < 4.78 is 1.23. The number of hydrogen-bond acceptors (Lipinski definition) is 7. The van der Waals surface area contributed by atoms with Crippen molar-refractivity contribution in [1.82, 2.24) is 14.8 Å². The van der Waals surface area contributed by atoms with Crippen LogP contribution < -0.4 is 5.32 Å². The van der Waals surface area contributed by atoms with E-state index in [2.05, 4.69) is 33.3 Å². The molecule has 0 aliphatic carbocycles. The maximum Gasteiger partial charge on any atom is 0.242 e. The third kappa shape index (κ3) is 4.08. The van der Waals surface area contributed by atoms with Gasteiger partial charge in [-0.3, -0.25) is 14.6 Å². The highest BCUT2D eigenvalue weighted by atomic mass is 32.1. The Morgan fingerprint density at radius 2 is 2.07 bits per heavy atom. The number of piperazine rings is 1. The van der Waals surface area contributed by atoms with Crippen molar-refractivity contribution in [1.29, 1.82) is 5.26 Å². The zero-order valence-electron chi connectivity index (χ0n) is 15.6. The number of carbonyl (C=O) groups excluding carboxylic acids is 1. The second-order valence-corrected chi connectivity index (χ2v) is 8.86. The molecule has 4 rings (SSSR count). The van der Waals surface area contributed by atoms with Crippen LogP contribution in [0.2, 0.25) is 0 Å². The fourth-order valence-electron chi connectivity index (χ4n) is 3.36. The number of para-hydroxylation sites is 1. The molecule has 1 aliphatic heterocycles. The van der Waals surface area contributed by atoms with Crippen molar-refractivity contribution in [3.05, 3.63) is 46.3 Å². The van der Waals surface area contributed by atoms with Crippen molar-refractivity contribution in [2.45, 2.75) is 19.5 Å². The second kappa shape index (κ2) is 8.37. The molecule has 2 aromatic heterocycles. The van der Waals surface area contributed by atoms with Gasteiger partial charge in [-0.15, -0.1) is 22.7 Å². The zero-order valence-corrected chi connectivity index (χ0v) is 17.2. The van der Waals surface area contributed by atoms with Crippen molar-refractivity contribution in [2.24, 2.45) is 0 Å². The van der Waals surface area contributed by atoms with Crippen molar-refractivity contribution in [3.63, 3.8) is 0 Å². The number of rotatable bonds is 5. The van der Waals surface area contributed by atoms with Crippen LogP contribution in [-0.4, -0.2) is 52.9 Å². The lowest BCUT2D eigenvalue weighted by Crippen LogP contribution is -2.52.